The number of nitrogens with zero attached hydrogens (tertiary/aromatic N) is 1. The van der Waals surface area contributed by atoms with E-state index in [-0.39, 0.29) is 0 Å². The minimum absolute atomic E-state index is 0.436. The molecule has 0 saturated carbocycles. The molecule has 0 amide bonds. The van der Waals surface area contributed by atoms with Gasteiger partial charge in [-0.15, -0.1) is 0 Å². The molecular formula is C11H9NO4. The van der Waals surface area contributed by atoms with E-state index in [1.807, 2.05) is 0 Å². The Morgan fingerprint density at radius 2 is 2.25 bits per heavy atom. The van der Waals surface area contributed by atoms with Gasteiger partial charge in [0.1, 0.15) is 0 Å². The molecular weight excluding hydrogens is 210 g/mol. The van der Waals surface area contributed by atoms with Crippen molar-refractivity contribution in [1.82, 2.24) is 4.57 Å². The Hall–Kier alpha value is -2.30. The molecule has 0 fully saturated rings. The van der Waals surface area contributed by atoms with Crippen molar-refractivity contribution in [3.8, 4) is 0 Å². The second-order valence-electron chi connectivity index (χ2n) is 3.33. The van der Waals surface area contributed by atoms with Gasteiger partial charge in [0.05, 0.1) is 5.52 Å². The lowest BCUT2D eigenvalue weighted by Gasteiger charge is -1.93. The van der Waals surface area contributed by atoms with Gasteiger partial charge in [0.25, 0.3) is 0 Å². The van der Waals surface area contributed by atoms with Crippen molar-refractivity contribution < 1.29 is 14.3 Å². The van der Waals surface area contributed by atoms with Crippen LogP contribution in [-0.4, -0.2) is 15.6 Å². The molecule has 2 aromatic rings. The third kappa shape index (κ3) is 1.75. The predicted molar refractivity (Wildman–Crippen MR) is 58.1 cm³/mol. The molecule has 0 aliphatic heterocycles. The molecule has 1 heterocycles. The van der Waals surface area contributed by atoms with Gasteiger partial charge in [-0.25, -0.2) is 9.59 Å². The molecule has 1 N–H and O–H groups in total. The summed E-state index contributed by atoms with van der Waals surface area (Å²) in [6, 6.07) is 5.05. The van der Waals surface area contributed by atoms with Gasteiger partial charge in [-0.3, -0.25) is 4.57 Å². The first-order valence-corrected chi connectivity index (χ1v) is 4.58. The average Bonchev–Trinajstić information content (AvgIpc) is 2.52. The van der Waals surface area contributed by atoms with Gasteiger partial charge in [-0.2, -0.15) is 0 Å². The summed E-state index contributed by atoms with van der Waals surface area (Å²) in [5.41, 5.74) is 1.79. The average molecular weight is 219 g/mol. The van der Waals surface area contributed by atoms with Crippen LogP contribution >= 0.6 is 0 Å². The van der Waals surface area contributed by atoms with Gasteiger partial charge in [-0.1, -0.05) is 6.07 Å². The molecule has 0 aliphatic carbocycles. The van der Waals surface area contributed by atoms with Gasteiger partial charge in [0.2, 0.25) is 0 Å². The third-order valence-corrected chi connectivity index (χ3v) is 2.23. The number of aryl methyl sites for hydroxylation is 1. The maximum Gasteiger partial charge on any atom is 0.419 e. The Kier molecular flexibility index (Phi) is 2.36. The Morgan fingerprint density at radius 3 is 2.94 bits per heavy atom. The van der Waals surface area contributed by atoms with Crippen LogP contribution in [0.1, 0.15) is 5.56 Å². The number of hydrogen-bond acceptors (Lipinski definition) is 3. The van der Waals surface area contributed by atoms with Crippen molar-refractivity contribution >= 4 is 23.1 Å². The second kappa shape index (κ2) is 3.69. The third-order valence-electron chi connectivity index (χ3n) is 2.23. The molecule has 0 bridgehead atoms. The van der Waals surface area contributed by atoms with E-state index in [0.717, 1.165) is 6.08 Å². The SMILES string of the molecule is Cn1c(=O)oc2cc(/C=C/C(=O)O)ccc21. The Morgan fingerprint density at radius 1 is 1.50 bits per heavy atom. The number of carbonyl (C=O) groups is 1. The molecule has 0 radical (unpaired) electrons. The van der Waals surface area contributed by atoms with Crippen LogP contribution in [-0.2, 0) is 11.8 Å². The minimum Gasteiger partial charge on any atom is -0.478 e. The van der Waals surface area contributed by atoms with Crippen molar-refractivity contribution in [3.63, 3.8) is 0 Å². The van der Waals surface area contributed by atoms with E-state index in [4.69, 9.17) is 9.52 Å². The molecule has 5 nitrogen and oxygen atoms in total. The Balaban J connectivity index is 2.53. The van der Waals surface area contributed by atoms with E-state index in [1.165, 1.54) is 10.6 Å². The number of hydrogen-bond donors (Lipinski definition) is 1. The molecule has 2 rings (SSSR count). The number of fused-ring (bicyclic) bond motifs is 1. The van der Waals surface area contributed by atoms with Gasteiger partial charge in [-0.05, 0) is 23.8 Å². The summed E-state index contributed by atoms with van der Waals surface area (Å²) < 4.78 is 6.36. The quantitative estimate of drug-likeness (QED) is 0.771. The zero-order valence-corrected chi connectivity index (χ0v) is 8.51. The minimum atomic E-state index is -1.02. The number of benzene rings is 1. The first-order chi connectivity index (χ1) is 7.58. The summed E-state index contributed by atoms with van der Waals surface area (Å²) in [6.45, 7) is 0. The lowest BCUT2D eigenvalue weighted by molar-refractivity contribution is -0.131. The molecule has 0 aliphatic rings. The normalized spacial score (nSPS) is 11.3. The first kappa shape index (κ1) is 10.2. The highest BCUT2D eigenvalue weighted by Crippen LogP contribution is 2.15. The summed E-state index contributed by atoms with van der Waals surface area (Å²) in [7, 11) is 1.61. The fourth-order valence-corrected chi connectivity index (χ4v) is 1.42. The fraction of sp³-hybridized carbons (Fsp3) is 0.0909. The van der Waals surface area contributed by atoms with E-state index in [1.54, 1.807) is 25.2 Å². The van der Waals surface area contributed by atoms with Crippen LogP contribution < -0.4 is 5.76 Å². The smallest absolute Gasteiger partial charge is 0.419 e. The molecule has 16 heavy (non-hydrogen) atoms. The van der Waals surface area contributed by atoms with Crippen molar-refractivity contribution in [3.05, 3.63) is 40.4 Å². The largest absolute Gasteiger partial charge is 0.478 e. The highest BCUT2D eigenvalue weighted by atomic mass is 16.4. The van der Waals surface area contributed by atoms with Crippen LogP contribution in [0.15, 0.2) is 33.5 Å². The Labute approximate surface area is 90.2 Å². The van der Waals surface area contributed by atoms with Gasteiger partial charge in [0, 0.05) is 13.1 Å². The molecule has 0 atom stereocenters. The lowest BCUT2D eigenvalue weighted by Crippen LogP contribution is -2.08. The van der Waals surface area contributed by atoms with Crippen LogP contribution in [0, 0.1) is 0 Å². The standard InChI is InChI=1S/C11H9NO4/c1-12-8-4-2-7(3-5-10(13)14)6-9(8)16-11(12)15/h2-6H,1H3,(H,13,14)/b5-3+. The lowest BCUT2D eigenvalue weighted by atomic mass is 10.2. The zero-order chi connectivity index (χ0) is 11.7. The van der Waals surface area contributed by atoms with Gasteiger partial charge >= 0.3 is 11.7 Å². The van der Waals surface area contributed by atoms with Crippen molar-refractivity contribution in [2.75, 3.05) is 0 Å². The summed E-state index contributed by atoms with van der Waals surface area (Å²) >= 11 is 0. The molecule has 0 saturated heterocycles. The molecule has 0 spiro atoms. The predicted octanol–water partition coefficient (Wildman–Crippen LogP) is 1.23. The van der Waals surface area contributed by atoms with Crippen LogP contribution in [0.2, 0.25) is 0 Å². The maximum absolute atomic E-state index is 11.2. The molecule has 0 unspecified atom stereocenters. The molecule has 82 valence electrons. The number of rotatable bonds is 2. The first-order valence-electron chi connectivity index (χ1n) is 4.58. The monoisotopic (exact) mass is 219 g/mol. The number of aliphatic carboxylic acids is 1. The molecule has 1 aromatic heterocycles. The van der Waals surface area contributed by atoms with Crippen LogP contribution in [0.25, 0.3) is 17.2 Å². The van der Waals surface area contributed by atoms with E-state index in [0.29, 0.717) is 16.7 Å². The topological polar surface area (TPSA) is 72.4 Å². The highest BCUT2D eigenvalue weighted by Gasteiger charge is 2.04. The van der Waals surface area contributed by atoms with Gasteiger partial charge in [0.15, 0.2) is 5.58 Å². The van der Waals surface area contributed by atoms with Crippen molar-refractivity contribution in [1.29, 1.82) is 0 Å². The van der Waals surface area contributed by atoms with E-state index >= 15 is 0 Å². The fourth-order valence-electron chi connectivity index (χ4n) is 1.42. The number of carboxylic acid groups (broad SMARTS) is 1. The second-order valence-corrected chi connectivity index (χ2v) is 3.33. The molecule has 5 heteroatoms. The summed E-state index contributed by atoms with van der Waals surface area (Å²) in [5.74, 6) is -1.45. The van der Waals surface area contributed by atoms with Crippen molar-refractivity contribution in [2.45, 2.75) is 0 Å². The zero-order valence-electron chi connectivity index (χ0n) is 8.51. The highest BCUT2D eigenvalue weighted by molar-refractivity contribution is 5.86. The van der Waals surface area contributed by atoms with Crippen LogP contribution in [0.5, 0.6) is 0 Å². The summed E-state index contributed by atoms with van der Waals surface area (Å²) in [6.07, 6.45) is 2.47. The van der Waals surface area contributed by atoms with E-state index < -0.39 is 11.7 Å². The van der Waals surface area contributed by atoms with E-state index in [2.05, 4.69) is 0 Å². The van der Waals surface area contributed by atoms with Crippen molar-refractivity contribution in [2.24, 2.45) is 7.05 Å². The Bertz CT molecular complexity index is 633. The molecule has 1 aromatic carbocycles. The maximum atomic E-state index is 11.2. The number of oxazole rings is 1. The van der Waals surface area contributed by atoms with Crippen LogP contribution in [0.4, 0.5) is 0 Å². The van der Waals surface area contributed by atoms with Crippen LogP contribution in [0.3, 0.4) is 0 Å². The number of aromatic nitrogens is 1. The summed E-state index contributed by atoms with van der Waals surface area (Å²) in [4.78, 5) is 21.5. The van der Waals surface area contributed by atoms with E-state index in [9.17, 15) is 9.59 Å². The summed E-state index contributed by atoms with van der Waals surface area (Å²) in [5, 5.41) is 8.47. The number of carboxylic acids is 1. The van der Waals surface area contributed by atoms with Gasteiger partial charge < -0.3 is 9.52 Å².